The molecule has 0 saturated carbocycles. The van der Waals surface area contributed by atoms with Gasteiger partial charge in [-0.25, -0.2) is 13.2 Å². The van der Waals surface area contributed by atoms with Crippen molar-refractivity contribution >= 4 is 23.0 Å². The second kappa shape index (κ2) is 11.1. The van der Waals surface area contributed by atoms with Crippen LogP contribution in [0.25, 0.3) is 0 Å². The van der Waals surface area contributed by atoms with Gasteiger partial charge < -0.3 is 16.4 Å². The van der Waals surface area contributed by atoms with E-state index in [9.17, 15) is 31.1 Å². The maximum Gasteiger partial charge on any atom is 0.416 e. The van der Waals surface area contributed by atoms with Crippen molar-refractivity contribution in [2.45, 2.75) is 57.7 Å². The number of nitrogens with two attached hydrogens (primary N) is 1. The highest BCUT2D eigenvalue weighted by atomic mass is 19.4. The summed E-state index contributed by atoms with van der Waals surface area (Å²) in [6, 6.07) is 6.78. The van der Waals surface area contributed by atoms with Crippen LogP contribution in [0.1, 0.15) is 43.7 Å². The van der Waals surface area contributed by atoms with E-state index in [-0.39, 0.29) is 24.3 Å². The zero-order valence-electron chi connectivity index (χ0n) is 17.4. The number of nitrogens with one attached hydrogen (secondary N) is 2. The molecule has 2 aromatic carbocycles. The Morgan fingerprint density at radius 2 is 1.66 bits per heavy atom. The van der Waals surface area contributed by atoms with Crippen LogP contribution >= 0.6 is 0 Å². The van der Waals surface area contributed by atoms with Gasteiger partial charge in [-0.05, 0) is 36.2 Å². The Bertz CT molecular complexity index is 902. The van der Waals surface area contributed by atoms with Crippen molar-refractivity contribution in [3.8, 4) is 0 Å². The van der Waals surface area contributed by atoms with Crippen molar-refractivity contribution in [2.75, 3.05) is 16.4 Å². The van der Waals surface area contributed by atoms with E-state index in [1.54, 1.807) is 0 Å². The third kappa shape index (κ3) is 6.80. The van der Waals surface area contributed by atoms with Gasteiger partial charge in [0.15, 0.2) is 5.82 Å². The highest BCUT2D eigenvalue weighted by Crippen LogP contribution is 2.31. The standard InChI is InChI=1S/C22H25F6N3O/c1-2-3-4-5-15(23)18(24)21(32)31-17-11-10-16(19(25)20(17)29)30-12-13-6-8-14(9-7-13)22(26,27)28/h6-11,15,18,30H,2-5,12,29H2,1H3,(H,31,32). The molecule has 0 aromatic heterocycles. The number of rotatable bonds is 10. The molecule has 0 fully saturated rings. The summed E-state index contributed by atoms with van der Waals surface area (Å²) in [6.45, 7) is 1.92. The molecule has 0 heterocycles. The van der Waals surface area contributed by atoms with Crippen molar-refractivity contribution < 1.29 is 31.1 Å². The molecule has 176 valence electrons. The first kappa shape index (κ1) is 25.4. The zero-order chi connectivity index (χ0) is 23.9. The number of benzene rings is 2. The van der Waals surface area contributed by atoms with Gasteiger partial charge in [-0.2, -0.15) is 13.2 Å². The van der Waals surface area contributed by atoms with Crippen LogP contribution in [-0.4, -0.2) is 18.3 Å². The van der Waals surface area contributed by atoms with Gasteiger partial charge in [0, 0.05) is 6.54 Å². The molecule has 0 aliphatic carbocycles. The van der Waals surface area contributed by atoms with Crippen LogP contribution in [0, 0.1) is 5.82 Å². The van der Waals surface area contributed by atoms with Crippen LogP contribution < -0.4 is 16.4 Å². The fourth-order valence-corrected chi connectivity index (χ4v) is 2.95. The molecule has 0 saturated heterocycles. The molecule has 2 atom stereocenters. The summed E-state index contributed by atoms with van der Waals surface area (Å²) < 4.78 is 80.2. The minimum atomic E-state index is -4.46. The van der Waals surface area contributed by atoms with Crippen molar-refractivity contribution in [1.82, 2.24) is 0 Å². The van der Waals surface area contributed by atoms with Gasteiger partial charge in [0.25, 0.3) is 5.91 Å². The first-order valence-electron chi connectivity index (χ1n) is 10.1. The lowest BCUT2D eigenvalue weighted by molar-refractivity contribution is -0.137. The van der Waals surface area contributed by atoms with Crippen molar-refractivity contribution in [1.29, 1.82) is 0 Å². The molecular weight excluding hydrogens is 436 g/mol. The van der Waals surface area contributed by atoms with Gasteiger partial charge in [-0.1, -0.05) is 38.3 Å². The lowest BCUT2D eigenvalue weighted by Crippen LogP contribution is -2.32. The number of hydrogen-bond acceptors (Lipinski definition) is 3. The van der Waals surface area contributed by atoms with Gasteiger partial charge in [0.1, 0.15) is 6.17 Å². The minimum Gasteiger partial charge on any atom is -0.395 e. The molecule has 0 spiro atoms. The van der Waals surface area contributed by atoms with Crippen LogP contribution in [0.5, 0.6) is 0 Å². The van der Waals surface area contributed by atoms with E-state index in [0.717, 1.165) is 18.6 Å². The number of nitrogen functional groups attached to an aromatic ring is 1. The second-order valence-electron chi connectivity index (χ2n) is 7.34. The number of alkyl halides is 5. The summed E-state index contributed by atoms with van der Waals surface area (Å²) in [6.07, 6.45) is -6.95. The zero-order valence-corrected chi connectivity index (χ0v) is 17.4. The van der Waals surface area contributed by atoms with Crippen molar-refractivity contribution in [2.24, 2.45) is 0 Å². The van der Waals surface area contributed by atoms with Crippen molar-refractivity contribution in [3.63, 3.8) is 0 Å². The molecule has 0 aliphatic heterocycles. The fraction of sp³-hybridized carbons (Fsp3) is 0.409. The van der Waals surface area contributed by atoms with Gasteiger partial charge in [0.2, 0.25) is 6.17 Å². The van der Waals surface area contributed by atoms with E-state index in [2.05, 4.69) is 10.6 Å². The molecule has 2 rings (SSSR count). The average Bonchev–Trinajstić information content (AvgIpc) is 2.75. The Hall–Kier alpha value is -2.91. The molecule has 2 aromatic rings. The summed E-state index contributed by atoms with van der Waals surface area (Å²) in [5, 5.41) is 4.79. The number of anilines is 3. The SMILES string of the molecule is CCCCCC(F)C(F)C(=O)Nc1ccc(NCc2ccc(C(F)(F)F)cc2)c(F)c1N. The highest BCUT2D eigenvalue weighted by molar-refractivity contribution is 5.97. The number of carbonyl (C=O) groups is 1. The number of halogens is 6. The number of amides is 1. The number of hydrogen-bond donors (Lipinski definition) is 3. The maximum atomic E-state index is 14.5. The first-order valence-corrected chi connectivity index (χ1v) is 10.1. The molecule has 32 heavy (non-hydrogen) atoms. The van der Waals surface area contributed by atoms with Crippen LogP contribution in [0.15, 0.2) is 36.4 Å². The Kier molecular flexibility index (Phi) is 8.80. The molecular formula is C22H25F6N3O. The molecule has 4 N–H and O–H groups in total. The number of carbonyl (C=O) groups excluding carboxylic acids is 1. The predicted octanol–water partition coefficient (Wildman–Crippen LogP) is 6.23. The molecule has 4 nitrogen and oxygen atoms in total. The van der Waals surface area contributed by atoms with Gasteiger partial charge in [0.05, 0.1) is 22.6 Å². The van der Waals surface area contributed by atoms with Crippen LogP contribution in [0.3, 0.4) is 0 Å². The normalized spacial score (nSPS) is 13.5. The quantitative estimate of drug-likeness (QED) is 0.223. The maximum absolute atomic E-state index is 14.5. The lowest BCUT2D eigenvalue weighted by atomic mass is 10.1. The Balaban J connectivity index is 2.00. The predicted molar refractivity (Wildman–Crippen MR) is 112 cm³/mol. The molecule has 2 unspecified atom stereocenters. The van der Waals surface area contributed by atoms with Crippen LogP contribution in [-0.2, 0) is 17.5 Å². The summed E-state index contributed by atoms with van der Waals surface area (Å²) >= 11 is 0. The first-order chi connectivity index (χ1) is 15.0. The van der Waals surface area contributed by atoms with Gasteiger partial charge >= 0.3 is 6.18 Å². The summed E-state index contributed by atoms with van der Waals surface area (Å²) in [5.74, 6) is -2.20. The van der Waals surface area contributed by atoms with E-state index in [1.807, 2.05) is 6.92 Å². The Morgan fingerprint density at radius 3 is 2.25 bits per heavy atom. The van der Waals surface area contributed by atoms with Crippen LogP contribution in [0.2, 0.25) is 0 Å². The molecule has 1 amide bonds. The minimum absolute atomic E-state index is 0.00798. The van der Waals surface area contributed by atoms with Gasteiger partial charge in [-0.3, -0.25) is 4.79 Å². The molecule has 0 radical (unpaired) electrons. The summed E-state index contributed by atoms with van der Waals surface area (Å²) in [7, 11) is 0. The van der Waals surface area contributed by atoms with E-state index in [1.165, 1.54) is 24.3 Å². The monoisotopic (exact) mass is 461 g/mol. The fourth-order valence-electron chi connectivity index (χ4n) is 2.95. The molecule has 0 bridgehead atoms. The molecule has 0 aliphatic rings. The summed E-state index contributed by atoms with van der Waals surface area (Å²) in [5.41, 5.74) is 4.57. The van der Waals surface area contributed by atoms with Crippen LogP contribution in [0.4, 0.5) is 43.4 Å². The number of unbranched alkanes of at least 4 members (excludes halogenated alkanes) is 2. The Morgan fingerprint density at radius 1 is 1.03 bits per heavy atom. The van der Waals surface area contributed by atoms with E-state index >= 15 is 0 Å². The van der Waals surface area contributed by atoms with Crippen molar-refractivity contribution in [3.05, 3.63) is 53.3 Å². The topological polar surface area (TPSA) is 67.2 Å². The average molecular weight is 461 g/mol. The molecule has 10 heteroatoms. The van der Waals surface area contributed by atoms with E-state index < -0.39 is 41.5 Å². The third-order valence-electron chi connectivity index (χ3n) is 4.85. The largest absolute Gasteiger partial charge is 0.416 e. The van der Waals surface area contributed by atoms with Gasteiger partial charge in [-0.15, -0.1) is 0 Å². The Labute approximate surface area is 182 Å². The summed E-state index contributed by atoms with van der Waals surface area (Å²) in [4.78, 5) is 11.9. The van der Waals surface area contributed by atoms with E-state index in [4.69, 9.17) is 5.73 Å². The smallest absolute Gasteiger partial charge is 0.395 e. The lowest BCUT2D eigenvalue weighted by Gasteiger charge is -2.16. The van der Waals surface area contributed by atoms with E-state index in [0.29, 0.717) is 18.4 Å². The highest BCUT2D eigenvalue weighted by Gasteiger charge is 2.30. The second-order valence-corrected chi connectivity index (χ2v) is 7.34. The third-order valence-corrected chi connectivity index (χ3v) is 4.85.